The fourth-order valence-electron chi connectivity index (χ4n) is 1.34. The molecule has 5 nitrogen and oxygen atoms in total. The second-order valence-corrected chi connectivity index (χ2v) is 3.91. The van der Waals surface area contributed by atoms with Crippen molar-refractivity contribution in [3.05, 3.63) is 36.2 Å². The molecule has 17 heavy (non-hydrogen) atoms. The first-order chi connectivity index (χ1) is 8.16. The second kappa shape index (κ2) is 4.78. The molecule has 1 amide bonds. The van der Waals surface area contributed by atoms with Gasteiger partial charge >= 0.3 is 11.8 Å². The molecule has 0 fully saturated rings. The van der Waals surface area contributed by atoms with E-state index in [1.807, 2.05) is 44.2 Å². The average molecular weight is 231 g/mol. The van der Waals surface area contributed by atoms with E-state index in [9.17, 15) is 4.79 Å². The quantitative estimate of drug-likeness (QED) is 0.875. The van der Waals surface area contributed by atoms with Crippen LogP contribution >= 0.6 is 0 Å². The molecule has 0 aliphatic carbocycles. The van der Waals surface area contributed by atoms with Crippen molar-refractivity contribution in [3.8, 4) is 11.5 Å². The highest BCUT2D eigenvalue weighted by molar-refractivity contribution is 5.89. The summed E-state index contributed by atoms with van der Waals surface area (Å²) < 4.78 is 5.30. The highest BCUT2D eigenvalue weighted by Gasteiger charge is 2.15. The van der Waals surface area contributed by atoms with E-state index in [0.29, 0.717) is 5.89 Å². The Balaban J connectivity index is 2.19. The molecule has 0 radical (unpaired) electrons. The lowest BCUT2D eigenvalue weighted by Crippen LogP contribution is -2.30. The summed E-state index contributed by atoms with van der Waals surface area (Å²) in [5.74, 6) is -0.0215. The van der Waals surface area contributed by atoms with Gasteiger partial charge < -0.3 is 9.73 Å². The van der Waals surface area contributed by atoms with Crippen molar-refractivity contribution in [3.63, 3.8) is 0 Å². The van der Waals surface area contributed by atoms with E-state index < -0.39 is 0 Å². The Morgan fingerprint density at radius 3 is 2.59 bits per heavy atom. The van der Waals surface area contributed by atoms with Crippen molar-refractivity contribution < 1.29 is 9.21 Å². The van der Waals surface area contributed by atoms with Crippen LogP contribution in [-0.2, 0) is 0 Å². The van der Waals surface area contributed by atoms with Gasteiger partial charge in [0.1, 0.15) is 0 Å². The molecule has 1 aromatic carbocycles. The monoisotopic (exact) mass is 231 g/mol. The van der Waals surface area contributed by atoms with Crippen molar-refractivity contribution in [1.29, 1.82) is 0 Å². The predicted octanol–water partition coefficient (Wildman–Crippen LogP) is 1.87. The van der Waals surface area contributed by atoms with Gasteiger partial charge in [-0.15, -0.1) is 10.2 Å². The maximum absolute atomic E-state index is 11.6. The Bertz CT molecular complexity index is 505. The smallest absolute Gasteiger partial charge is 0.309 e. The lowest BCUT2D eigenvalue weighted by molar-refractivity contribution is 0.0909. The Labute approximate surface area is 98.9 Å². The third-order valence-electron chi connectivity index (χ3n) is 2.06. The average Bonchev–Trinajstić information content (AvgIpc) is 2.78. The summed E-state index contributed by atoms with van der Waals surface area (Å²) in [6, 6.07) is 9.36. The predicted molar refractivity (Wildman–Crippen MR) is 62.3 cm³/mol. The van der Waals surface area contributed by atoms with Gasteiger partial charge in [0, 0.05) is 11.6 Å². The summed E-state index contributed by atoms with van der Waals surface area (Å²) in [5.41, 5.74) is 0.795. The number of nitrogens with zero attached hydrogens (tertiary/aromatic N) is 2. The third kappa shape index (κ3) is 2.69. The van der Waals surface area contributed by atoms with Crippen LogP contribution < -0.4 is 5.32 Å². The fourth-order valence-corrected chi connectivity index (χ4v) is 1.34. The largest absolute Gasteiger partial charge is 0.412 e. The minimum Gasteiger partial charge on any atom is -0.412 e. The zero-order valence-corrected chi connectivity index (χ0v) is 9.68. The van der Waals surface area contributed by atoms with E-state index in [0.717, 1.165) is 5.56 Å². The van der Waals surface area contributed by atoms with Crippen LogP contribution in [0, 0.1) is 0 Å². The number of nitrogens with one attached hydrogen (secondary N) is 1. The van der Waals surface area contributed by atoms with Gasteiger partial charge in [0.25, 0.3) is 0 Å². The van der Waals surface area contributed by atoms with Crippen LogP contribution in [0.1, 0.15) is 24.5 Å². The molecule has 0 unspecified atom stereocenters. The SMILES string of the molecule is CC(C)NC(=O)c1nnc(-c2ccccc2)o1. The molecule has 2 aromatic rings. The Hall–Kier alpha value is -2.17. The van der Waals surface area contributed by atoms with Crippen molar-refractivity contribution in [2.75, 3.05) is 0 Å². The number of hydrogen-bond donors (Lipinski definition) is 1. The number of aromatic nitrogens is 2. The minimum atomic E-state index is -0.352. The Morgan fingerprint density at radius 1 is 1.24 bits per heavy atom. The van der Waals surface area contributed by atoms with Gasteiger partial charge in [0.2, 0.25) is 5.89 Å². The van der Waals surface area contributed by atoms with Gasteiger partial charge in [-0.2, -0.15) is 0 Å². The molecule has 0 saturated carbocycles. The highest BCUT2D eigenvalue weighted by atomic mass is 16.4. The lowest BCUT2D eigenvalue weighted by Gasteiger charge is -2.03. The molecule has 2 rings (SSSR count). The number of carbonyl (C=O) groups excluding carboxylic acids is 1. The maximum Gasteiger partial charge on any atom is 0.309 e. The van der Waals surface area contributed by atoms with Crippen LogP contribution in [0.4, 0.5) is 0 Å². The van der Waals surface area contributed by atoms with Crippen LogP contribution in [0.25, 0.3) is 11.5 Å². The van der Waals surface area contributed by atoms with Crippen molar-refractivity contribution in [2.45, 2.75) is 19.9 Å². The lowest BCUT2D eigenvalue weighted by atomic mass is 10.2. The standard InChI is InChI=1S/C12H13N3O2/c1-8(2)13-10(16)12-15-14-11(17-12)9-6-4-3-5-7-9/h3-8H,1-2H3,(H,13,16). The van der Waals surface area contributed by atoms with Gasteiger partial charge in [-0.05, 0) is 26.0 Å². The second-order valence-electron chi connectivity index (χ2n) is 3.91. The molecule has 0 saturated heterocycles. The third-order valence-corrected chi connectivity index (χ3v) is 2.06. The van der Waals surface area contributed by atoms with E-state index in [1.165, 1.54) is 0 Å². The normalized spacial score (nSPS) is 10.5. The van der Waals surface area contributed by atoms with Crippen molar-refractivity contribution in [2.24, 2.45) is 0 Å². The summed E-state index contributed by atoms with van der Waals surface area (Å²) in [4.78, 5) is 11.6. The molecule has 0 bridgehead atoms. The van der Waals surface area contributed by atoms with Crippen LogP contribution in [0.2, 0.25) is 0 Å². The van der Waals surface area contributed by atoms with Crippen molar-refractivity contribution >= 4 is 5.91 Å². The molecule has 0 atom stereocenters. The van der Waals surface area contributed by atoms with E-state index >= 15 is 0 Å². The van der Waals surface area contributed by atoms with Crippen LogP contribution in [0.3, 0.4) is 0 Å². The van der Waals surface area contributed by atoms with Gasteiger partial charge in [0.15, 0.2) is 0 Å². The zero-order chi connectivity index (χ0) is 12.3. The first-order valence-electron chi connectivity index (χ1n) is 5.36. The Morgan fingerprint density at radius 2 is 1.94 bits per heavy atom. The number of benzene rings is 1. The van der Waals surface area contributed by atoms with E-state index in [-0.39, 0.29) is 17.8 Å². The zero-order valence-electron chi connectivity index (χ0n) is 9.68. The van der Waals surface area contributed by atoms with Crippen LogP contribution in [-0.4, -0.2) is 22.1 Å². The number of amides is 1. The van der Waals surface area contributed by atoms with E-state index in [2.05, 4.69) is 15.5 Å². The molecular weight excluding hydrogens is 218 g/mol. The summed E-state index contributed by atoms with van der Waals surface area (Å²) >= 11 is 0. The summed E-state index contributed by atoms with van der Waals surface area (Å²) in [7, 11) is 0. The van der Waals surface area contributed by atoms with E-state index in [4.69, 9.17) is 4.42 Å². The van der Waals surface area contributed by atoms with Gasteiger partial charge in [-0.3, -0.25) is 4.79 Å². The number of hydrogen-bond acceptors (Lipinski definition) is 4. The Kier molecular flexibility index (Phi) is 3.18. The van der Waals surface area contributed by atoms with Gasteiger partial charge in [-0.1, -0.05) is 18.2 Å². The maximum atomic E-state index is 11.6. The molecule has 0 aliphatic heterocycles. The molecule has 1 heterocycles. The van der Waals surface area contributed by atoms with Gasteiger partial charge in [-0.25, -0.2) is 0 Å². The minimum absolute atomic E-state index is 0.0162. The molecule has 88 valence electrons. The fraction of sp³-hybridized carbons (Fsp3) is 0.250. The van der Waals surface area contributed by atoms with Crippen LogP contribution in [0.15, 0.2) is 34.7 Å². The highest BCUT2D eigenvalue weighted by Crippen LogP contribution is 2.16. The summed E-state index contributed by atoms with van der Waals surface area (Å²) in [5, 5.41) is 10.2. The molecular formula is C12H13N3O2. The number of rotatable bonds is 3. The number of carbonyl (C=O) groups is 1. The molecule has 1 aromatic heterocycles. The summed E-state index contributed by atoms with van der Waals surface area (Å²) in [6.07, 6.45) is 0. The summed E-state index contributed by atoms with van der Waals surface area (Å²) in [6.45, 7) is 3.73. The molecule has 0 spiro atoms. The van der Waals surface area contributed by atoms with Crippen LogP contribution in [0.5, 0.6) is 0 Å². The molecule has 1 N–H and O–H groups in total. The topological polar surface area (TPSA) is 68.0 Å². The first kappa shape index (κ1) is 11.3. The van der Waals surface area contributed by atoms with Gasteiger partial charge in [0.05, 0.1) is 0 Å². The van der Waals surface area contributed by atoms with E-state index in [1.54, 1.807) is 0 Å². The van der Waals surface area contributed by atoms with Crippen molar-refractivity contribution in [1.82, 2.24) is 15.5 Å². The molecule has 0 aliphatic rings. The first-order valence-corrected chi connectivity index (χ1v) is 5.36. The molecule has 5 heteroatoms.